The van der Waals surface area contributed by atoms with Gasteiger partial charge in [-0.25, -0.2) is 4.39 Å². The van der Waals surface area contributed by atoms with Gasteiger partial charge in [-0.15, -0.1) is 0 Å². The summed E-state index contributed by atoms with van der Waals surface area (Å²) < 4.78 is 19.2. The van der Waals surface area contributed by atoms with Crippen LogP contribution >= 0.6 is 0 Å². The summed E-state index contributed by atoms with van der Waals surface area (Å²) in [6.45, 7) is 4.69. The Labute approximate surface area is 170 Å². The number of benzene rings is 3. The number of hydrogen-bond acceptors (Lipinski definition) is 3. The summed E-state index contributed by atoms with van der Waals surface area (Å²) in [5, 5.41) is 2.25. The molecule has 0 aromatic heterocycles. The zero-order chi connectivity index (χ0) is 20.2. The normalized spacial score (nSPS) is 15.4. The summed E-state index contributed by atoms with van der Waals surface area (Å²) in [4.78, 5) is 17.1. The number of carbonyl (C=O) groups excluding carboxylic acids is 1. The molecule has 1 saturated heterocycles. The minimum absolute atomic E-state index is 0.0272. The summed E-state index contributed by atoms with van der Waals surface area (Å²) in [5.74, 6) is 0.507. The Morgan fingerprint density at radius 1 is 0.966 bits per heavy atom. The highest BCUT2D eigenvalue weighted by Crippen LogP contribution is 2.23. The fourth-order valence-electron chi connectivity index (χ4n) is 3.75. The molecule has 29 heavy (non-hydrogen) atoms. The summed E-state index contributed by atoms with van der Waals surface area (Å²) >= 11 is 0. The predicted molar refractivity (Wildman–Crippen MR) is 114 cm³/mol. The third kappa shape index (κ3) is 4.34. The number of carbonyl (C=O) groups is 1. The van der Waals surface area contributed by atoms with Crippen LogP contribution in [-0.2, 0) is 4.79 Å². The molecule has 5 heteroatoms. The molecule has 4 nitrogen and oxygen atoms in total. The van der Waals surface area contributed by atoms with Crippen LogP contribution in [0.25, 0.3) is 10.8 Å². The fourth-order valence-corrected chi connectivity index (χ4v) is 3.75. The maximum absolute atomic E-state index is 13.1. The van der Waals surface area contributed by atoms with E-state index in [0.717, 1.165) is 29.5 Å². The van der Waals surface area contributed by atoms with E-state index in [1.54, 1.807) is 12.1 Å². The second kappa shape index (κ2) is 8.52. The molecule has 3 aromatic rings. The van der Waals surface area contributed by atoms with Crippen LogP contribution in [0.2, 0.25) is 0 Å². The number of halogens is 1. The van der Waals surface area contributed by atoms with Gasteiger partial charge in [0.15, 0.2) is 6.10 Å². The van der Waals surface area contributed by atoms with Crippen molar-refractivity contribution in [3.8, 4) is 5.75 Å². The largest absolute Gasteiger partial charge is 0.481 e. The number of piperazine rings is 1. The number of nitrogens with zero attached hydrogens (tertiary/aromatic N) is 2. The van der Waals surface area contributed by atoms with E-state index >= 15 is 0 Å². The second-order valence-electron chi connectivity index (χ2n) is 7.31. The minimum Gasteiger partial charge on any atom is -0.481 e. The van der Waals surface area contributed by atoms with E-state index in [0.29, 0.717) is 25.3 Å². The molecule has 1 atom stereocenters. The molecule has 4 rings (SSSR count). The van der Waals surface area contributed by atoms with Crippen LogP contribution in [0.3, 0.4) is 0 Å². The van der Waals surface area contributed by atoms with Gasteiger partial charge in [-0.1, -0.05) is 37.3 Å². The molecule has 0 N–H and O–H groups in total. The molecular formula is C24H25FN2O2. The van der Waals surface area contributed by atoms with Gasteiger partial charge in [0.1, 0.15) is 11.6 Å². The Kier molecular flexibility index (Phi) is 5.65. The molecule has 0 bridgehead atoms. The molecule has 3 aromatic carbocycles. The molecule has 1 fully saturated rings. The molecule has 0 radical (unpaired) electrons. The standard InChI is InChI=1S/C24H25FN2O2/c1-2-23(29-22-12-7-18-5-3-4-6-19(18)17-22)24(28)27-15-13-26(14-16-27)21-10-8-20(25)9-11-21/h3-12,17,23H,2,13-16H2,1H3/t23-/m0/s1. The lowest BCUT2D eigenvalue weighted by atomic mass is 10.1. The average molecular weight is 392 g/mol. The third-order valence-corrected chi connectivity index (χ3v) is 5.43. The van der Waals surface area contributed by atoms with Gasteiger partial charge in [0.2, 0.25) is 0 Å². The fraction of sp³-hybridized carbons (Fsp3) is 0.292. The van der Waals surface area contributed by atoms with E-state index in [9.17, 15) is 9.18 Å². The monoisotopic (exact) mass is 392 g/mol. The van der Waals surface area contributed by atoms with E-state index in [4.69, 9.17) is 4.74 Å². The number of amides is 1. The van der Waals surface area contributed by atoms with Crippen LogP contribution < -0.4 is 9.64 Å². The van der Waals surface area contributed by atoms with Crippen LogP contribution in [0.4, 0.5) is 10.1 Å². The zero-order valence-electron chi connectivity index (χ0n) is 16.6. The summed E-state index contributed by atoms with van der Waals surface area (Å²) in [6, 6.07) is 20.5. The molecule has 0 aliphatic carbocycles. The van der Waals surface area contributed by atoms with Crippen molar-refractivity contribution in [1.29, 1.82) is 0 Å². The van der Waals surface area contributed by atoms with Crippen LogP contribution in [-0.4, -0.2) is 43.1 Å². The first-order valence-corrected chi connectivity index (χ1v) is 10.1. The first-order valence-electron chi connectivity index (χ1n) is 10.1. The van der Waals surface area contributed by atoms with Crippen molar-refractivity contribution >= 4 is 22.4 Å². The van der Waals surface area contributed by atoms with Gasteiger partial charge in [0, 0.05) is 31.9 Å². The van der Waals surface area contributed by atoms with E-state index in [-0.39, 0.29) is 11.7 Å². The van der Waals surface area contributed by atoms with E-state index < -0.39 is 6.10 Å². The SMILES string of the molecule is CC[C@H](Oc1ccc2ccccc2c1)C(=O)N1CCN(c2ccc(F)cc2)CC1. The minimum atomic E-state index is -0.492. The van der Waals surface area contributed by atoms with Crippen LogP contribution in [0.1, 0.15) is 13.3 Å². The molecule has 150 valence electrons. The second-order valence-corrected chi connectivity index (χ2v) is 7.31. The van der Waals surface area contributed by atoms with Gasteiger partial charge in [-0.2, -0.15) is 0 Å². The van der Waals surface area contributed by atoms with Crippen molar-refractivity contribution in [2.45, 2.75) is 19.4 Å². The zero-order valence-corrected chi connectivity index (χ0v) is 16.6. The van der Waals surface area contributed by atoms with Gasteiger partial charge in [0.05, 0.1) is 0 Å². The Balaban J connectivity index is 1.39. The molecule has 0 spiro atoms. The first kappa shape index (κ1) is 19.2. The number of rotatable bonds is 5. The highest BCUT2D eigenvalue weighted by atomic mass is 19.1. The molecule has 1 heterocycles. The van der Waals surface area contributed by atoms with Crippen molar-refractivity contribution in [3.63, 3.8) is 0 Å². The lowest BCUT2D eigenvalue weighted by Gasteiger charge is -2.37. The Bertz CT molecular complexity index is 982. The van der Waals surface area contributed by atoms with Crippen LogP contribution in [0.15, 0.2) is 66.7 Å². The van der Waals surface area contributed by atoms with Gasteiger partial charge < -0.3 is 14.5 Å². The van der Waals surface area contributed by atoms with Crippen LogP contribution in [0.5, 0.6) is 5.75 Å². The van der Waals surface area contributed by atoms with Gasteiger partial charge >= 0.3 is 0 Å². The van der Waals surface area contributed by atoms with Gasteiger partial charge in [0.25, 0.3) is 5.91 Å². The van der Waals surface area contributed by atoms with E-state index in [1.807, 2.05) is 48.2 Å². The maximum Gasteiger partial charge on any atom is 0.263 e. The summed E-state index contributed by atoms with van der Waals surface area (Å²) in [5.41, 5.74) is 0.984. The Hall–Kier alpha value is -3.08. The maximum atomic E-state index is 13.1. The average Bonchev–Trinajstić information content (AvgIpc) is 2.77. The number of anilines is 1. The third-order valence-electron chi connectivity index (χ3n) is 5.43. The molecule has 0 saturated carbocycles. The summed E-state index contributed by atoms with van der Waals surface area (Å²) in [7, 11) is 0. The molecular weight excluding hydrogens is 367 g/mol. The number of hydrogen-bond donors (Lipinski definition) is 0. The quantitative estimate of drug-likeness (QED) is 0.642. The van der Waals surface area contributed by atoms with Crippen molar-refractivity contribution in [1.82, 2.24) is 4.90 Å². The Morgan fingerprint density at radius 2 is 1.66 bits per heavy atom. The van der Waals surface area contributed by atoms with Crippen molar-refractivity contribution in [2.75, 3.05) is 31.1 Å². The highest BCUT2D eigenvalue weighted by molar-refractivity contribution is 5.84. The lowest BCUT2D eigenvalue weighted by Crippen LogP contribution is -2.52. The molecule has 1 amide bonds. The number of ether oxygens (including phenoxy) is 1. The van der Waals surface area contributed by atoms with Crippen LogP contribution in [0, 0.1) is 5.82 Å². The van der Waals surface area contributed by atoms with Gasteiger partial charge in [-0.3, -0.25) is 4.79 Å². The highest BCUT2D eigenvalue weighted by Gasteiger charge is 2.28. The molecule has 1 aliphatic rings. The van der Waals surface area contributed by atoms with E-state index in [2.05, 4.69) is 11.0 Å². The first-order chi connectivity index (χ1) is 14.1. The molecule has 1 aliphatic heterocycles. The summed E-state index contributed by atoms with van der Waals surface area (Å²) in [6.07, 6.45) is 0.123. The van der Waals surface area contributed by atoms with Crippen molar-refractivity contribution < 1.29 is 13.9 Å². The predicted octanol–water partition coefficient (Wildman–Crippen LogP) is 4.49. The number of fused-ring (bicyclic) bond motifs is 1. The topological polar surface area (TPSA) is 32.8 Å². The van der Waals surface area contributed by atoms with Crippen molar-refractivity contribution in [3.05, 3.63) is 72.5 Å². The van der Waals surface area contributed by atoms with Gasteiger partial charge in [-0.05, 0) is 53.6 Å². The Morgan fingerprint density at radius 3 is 2.34 bits per heavy atom. The smallest absolute Gasteiger partial charge is 0.263 e. The molecule has 0 unspecified atom stereocenters. The lowest BCUT2D eigenvalue weighted by molar-refractivity contribution is -0.139. The van der Waals surface area contributed by atoms with E-state index in [1.165, 1.54) is 12.1 Å². The van der Waals surface area contributed by atoms with Crippen molar-refractivity contribution in [2.24, 2.45) is 0 Å².